The molecular formula is C27H29O3S+. The number of aryl methyl sites for hydroxylation is 3. The Bertz CT molecular complexity index is 1140. The van der Waals surface area contributed by atoms with E-state index in [2.05, 4.69) is 55.3 Å². The van der Waals surface area contributed by atoms with Gasteiger partial charge in [-0.1, -0.05) is 24.5 Å². The second kappa shape index (κ2) is 8.77. The molecule has 160 valence electrons. The Hall–Kier alpha value is -2.77. The van der Waals surface area contributed by atoms with Crippen LogP contribution in [-0.2, 0) is 9.53 Å². The van der Waals surface area contributed by atoms with E-state index in [1.807, 2.05) is 13.8 Å². The van der Waals surface area contributed by atoms with Crippen LogP contribution >= 0.6 is 10.5 Å². The summed E-state index contributed by atoms with van der Waals surface area (Å²) in [4.78, 5) is 15.1. The number of hydrogen-bond acceptors (Lipinski definition) is 3. The van der Waals surface area contributed by atoms with E-state index in [9.17, 15) is 4.79 Å². The zero-order chi connectivity index (χ0) is 22.0. The molecule has 1 aliphatic carbocycles. The van der Waals surface area contributed by atoms with Gasteiger partial charge in [-0.3, -0.25) is 0 Å². The van der Waals surface area contributed by atoms with Crippen LogP contribution in [0.3, 0.4) is 0 Å². The van der Waals surface area contributed by atoms with Crippen molar-refractivity contribution in [2.75, 3.05) is 6.61 Å². The fourth-order valence-corrected chi connectivity index (χ4v) is 6.97. The van der Waals surface area contributed by atoms with Crippen LogP contribution in [0, 0.1) is 33.1 Å². The summed E-state index contributed by atoms with van der Waals surface area (Å²) in [6, 6.07) is 15.2. The van der Waals surface area contributed by atoms with Crippen LogP contribution in [0.4, 0.5) is 0 Å². The molecule has 2 aromatic carbocycles. The largest absolute Gasteiger partial charge is 0.481 e. The van der Waals surface area contributed by atoms with E-state index in [0.717, 1.165) is 49.0 Å². The Morgan fingerprint density at radius 3 is 2.42 bits per heavy atom. The van der Waals surface area contributed by atoms with Gasteiger partial charge in [-0.15, -0.1) is 6.42 Å². The maximum atomic E-state index is 12.5. The van der Waals surface area contributed by atoms with E-state index >= 15 is 0 Å². The Morgan fingerprint density at radius 1 is 1.06 bits per heavy atom. The molecule has 1 unspecified atom stereocenters. The number of esters is 1. The van der Waals surface area contributed by atoms with Crippen molar-refractivity contribution in [3.63, 3.8) is 0 Å². The van der Waals surface area contributed by atoms with E-state index in [4.69, 9.17) is 15.9 Å². The van der Waals surface area contributed by atoms with Crippen LogP contribution in [0.25, 0.3) is 15.0 Å². The molecule has 1 aliphatic rings. The van der Waals surface area contributed by atoms with Gasteiger partial charge >= 0.3 is 5.97 Å². The second-order valence-electron chi connectivity index (χ2n) is 8.45. The first-order valence-corrected chi connectivity index (χ1v) is 12.1. The molecule has 4 rings (SSSR count). The van der Waals surface area contributed by atoms with Gasteiger partial charge in [0.05, 0.1) is 0 Å². The molecule has 1 aromatic heterocycles. The van der Waals surface area contributed by atoms with Crippen LogP contribution in [0.5, 0.6) is 5.75 Å². The van der Waals surface area contributed by atoms with E-state index in [-0.39, 0.29) is 17.1 Å². The van der Waals surface area contributed by atoms with Crippen molar-refractivity contribution in [3.05, 3.63) is 58.5 Å². The smallest absolute Gasteiger partial charge is 0.345 e. The molecule has 4 heteroatoms. The highest BCUT2D eigenvalue weighted by Crippen LogP contribution is 2.45. The number of fused-ring (bicyclic) bond motifs is 1. The summed E-state index contributed by atoms with van der Waals surface area (Å²) in [5.74, 6) is 3.07. The number of rotatable bonds is 5. The molecule has 3 nitrogen and oxygen atoms in total. The molecule has 0 N–H and O–H groups in total. The Labute approximate surface area is 187 Å². The highest BCUT2D eigenvalue weighted by atomic mass is 32.2. The standard InChI is InChI=1S/C27H29O3S/c1-5-27(13-9-6-10-14-27)30-25(28)18-29-26-19(2)15-23(16-20(26)3)31-21(4)17-22-11-7-8-12-24(22)31/h1,7-8,11-12,15-17H,6,9-10,13-14,18H2,2-4H3/q+1. The van der Waals surface area contributed by atoms with Gasteiger partial charge < -0.3 is 9.47 Å². The van der Waals surface area contributed by atoms with Crippen LogP contribution in [0.2, 0.25) is 0 Å². The molecule has 0 radical (unpaired) electrons. The topological polar surface area (TPSA) is 35.5 Å². The van der Waals surface area contributed by atoms with Gasteiger partial charge in [0.1, 0.15) is 5.75 Å². The molecule has 0 saturated heterocycles. The highest BCUT2D eigenvalue weighted by Gasteiger charge is 2.34. The molecular weight excluding hydrogens is 404 g/mol. The summed E-state index contributed by atoms with van der Waals surface area (Å²) in [5, 5.41) is 1.30. The molecule has 31 heavy (non-hydrogen) atoms. The Morgan fingerprint density at radius 2 is 1.74 bits per heavy atom. The number of thiophene rings is 1. The summed E-state index contributed by atoms with van der Waals surface area (Å²) in [6.07, 6.45) is 10.3. The summed E-state index contributed by atoms with van der Waals surface area (Å²) in [6.45, 7) is 6.13. The first kappa shape index (κ1) is 21.5. The molecule has 0 aliphatic heterocycles. The Kier molecular flexibility index (Phi) is 6.07. The van der Waals surface area contributed by atoms with Crippen molar-refractivity contribution in [2.45, 2.75) is 58.5 Å². The maximum absolute atomic E-state index is 12.5. The van der Waals surface area contributed by atoms with Gasteiger partial charge in [0.2, 0.25) is 0 Å². The highest BCUT2D eigenvalue weighted by molar-refractivity contribution is 7.45. The van der Waals surface area contributed by atoms with Gasteiger partial charge in [-0.05, 0) is 62.8 Å². The normalized spacial score (nSPS) is 16.0. The number of carbonyl (C=O) groups excluding carboxylic acids is 1. The monoisotopic (exact) mass is 433 g/mol. The van der Waals surface area contributed by atoms with E-state index < -0.39 is 11.6 Å². The first-order chi connectivity index (χ1) is 14.9. The van der Waals surface area contributed by atoms with Crippen molar-refractivity contribution < 1.29 is 14.3 Å². The van der Waals surface area contributed by atoms with Gasteiger partial charge in [-0.2, -0.15) is 0 Å². The average Bonchev–Trinajstić information content (AvgIpc) is 3.09. The van der Waals surface area contributed by atoms with Crippen LogP contribution in [-0.4, -0.2) is 18.2 Å². The number of terminal acetylenes is 1. The minimum atomic E-state index is -0.756. The zero-order valence-electron chi connectivity index (χ0n) is 18.5. The molecule has 1 fully saturated rings. The van der Waals surface area contributed by atoms with Crippen molar-refractivity contribution in [1.29, 1.82) is 0 Å². The maximum Gasteiger partial charge on any atom is 0.345 e. The van der Waals surface area contributed by atoms with Crippen molar-refractivity contribution in [3.8, 4) is 23.0 Å². The van der Waals surface area contributed by atoms with Crippen molar-refractivity contribution in [1.82, 2.24) is 0 Å². The van der Waals surface area contributed by atoms with Crippen LogP contribution < -0.4 is 4.74 Å². The lowest BCUT2D eigenvalue weighted by molar-refractivity contribution is -0.159. The summed E-state index contributed by atoms with van der Waals surface area (Å²) in [5.41, 5.74) is 1.29. The van der Waals surface area contributed by atoms with Crippen LogP contribution in [0.1, 0.15) is 48.1 Å². The predicted octanol–water partition coefficient (Wildman–Crippen LogP) is 6.76. The zero-order valence-corrected chi connectivity index (χ0v) is 19.3. The Balaban J connectivity index is 1.52. The lowest BCUT2D eigenvalue weighted by Gasteiger charge is -2.31. The van der Waals surface area contributed by atoms with Crippen molar-refractivity contribution >= 4 is 26.5 Å². The van der Waals surface area contributed by atoms with E-state index in [1.165, 1.54) is 19.9 Å². The van der Waals surface area contributed by atoms with Gasteiger partial charge in [0, 0.05) is 41.0 Å². The summed E-state index contributed by atoms with van der Waals surface area (Å²) in [7, 11) is -0.0720. The number of ether oxygens (including phenoxy) is 2. The molecule has 1 saturated carbocycles. The third kappa shape index (κ3) is 4.34. The lowest BCUT2D eigenvalue weighted by Crippen LogP contribution is -2.37. The predicted molar refractivity (Wildman–Crippen MR) is 128 cm³/mol. The molecule has 0 spiro atoms. The third-order valence-electron chi connectivity index (χ3n) is 6.06. The summed E-state index contributed by atoms with van der Waals surface area (Å²) >= 11 is 0. The molecule has 3 aromatic rings. The fourth-order valence-electron chi connectivity index (χ4n) is 4.58. The molecule has 0 bridgehead atoms. The van der Waals surface area contributed by atoms with Gasteiger partial charge in [0.15, 0.2) is 26.7 Å². The third-order valence-corrected chi connectivity index (χ3v) is 8.34. The summed E-state index contributed by atoms with van der Waals surface area (Å²) < 4.78 is 13.0. The van der Waals surface area contributed by atoms with Gasteiger partial charge in [-0.25, -0.2) is 4.79 Å². The average molecular weight is 434 g/mol. The second-order valence-corrected chi connectivity index (χ2v) is 10.6. The van der Waals surface area contributed by atoms with Crippen LogP contribution in [0.15, 0.2) is 42.5 Å². The minimum absolute atomic E-state index is 0.0720. The number of carbonyl (C=O) groups is 1. The molecule has 0 amide bonds. The fraction of sp³-hybridized carbons (Fsp3) is 0.370. The number of hydrogen-bond donors (Lipinski definition) is 0. The quantitative estimate of drug-likeness (QED) is 0.253. The number of benzene rings is 2. The molecule has 1 heterocycles. The first-order valence-electron chi connectivity index (χ1n) is 10.9. The van der Waals surface area contributed by atoms with E-state index in [1.54, 1.807) is 0 Å². The van der Waals surface area contributed by atoms with Crippen molar-refractivity contribution in [2.24, 2.45) is 0 Å². The SMILES string of the molecule is C#CC1(OC(=O)COc2c(C)cc(-[s+]3c(C)cc4ccccc43)cc2C)CCCCC1. The minimum Gasteiger partial charge on any atom is -0.481 e. The lowest BCUT2D eigenvalue weighted by atomic mass is 9.85. The van der Waals surface area contributed by atoms with E-state index in [0.29, 0.717) is 0 Å². The van der Waals surface area contributed by atoms with Gasteiger partial charge in [0.25, 0.3) is 0 Å². The molecule has 1 atom stereocenters.